The second-order valence-electron chi connectivity index (χ2n) is 4.39. The van der Waals surface area contributed by atoms with Crippen molar-refractivity contribution in [1.29, 1.82) is 0 Å². The maximum atomic E-state index is 12.3. The van der Waals surface area contributed by atoms with Gasteiger partial charge < -0.3 is 5.32 Å². The fraction of sp³-hybridized carbons (Fsp3) is 0.308. The van der Waals surface area contributed by atoms with Crippen molar-refractivity contribution >= 4 is 16.0 Å². The molecule has 1 aromatic heterocycles. The van der Waals surface area contributed by atoms with Crippen LogP contribution in [0.25, 0.3) is 0 Å². The lowest BCUT2D eigenvalue weighted by molar-refractivity contribution is 0.574. The summed E-state index contributed by atoms with van der Waals surface area (Å²) in [5.74, 6) is -0.0523. The highest BCUT2D eigenvalue weighted by Gasteiger charge is 2.17. The van der Waals surface area contributed by atoms with Crippen LogP contribution in [0.2, 0.25) is 0 Å². The number of nitrogens with one attached hydrogen (secondary N) is 2. The Morgan fingerprint density at radius 3 is 2.71 bits per heavy atom. The lowest BCUT2D eigenvalue weighted by Crippen LogP contribution is -2.18. The molecule has 0 radical (unpaired) electrons. The van der Waals surface area contributed by atoms with Crippen LogP contribution >= 0.6 is 0 Å². The minimum absolute atomic E-state index is 0.0523. The summed E-state index contributed by atoms with van der Waals surface area (Å²) in [7, 11) is -1.88. The van der Waals surface area contributed by atoms with Crippen molar-refractivity contribution < 1.29 is 8.42 Å². The van der Waals surface area contributed by atoms with Gasteiger partial charge in [0.15, 0.2) is 0 Å². The van der Waals surface area contributed by atoms with Gasteiger partial charge in [0.2, 0.25) is 0 Å². The molecular weight excluding hydrogens is 290 g/mol. The molecule has 0 bridgehead atoms. The molecule has 2 rings (SSSR count). The first kappa shape index (κ1) is 15.3. The standard InChI is InChI=1S/C13H17N5O2S/c1-3-12(14-2)10-5-4-6-11(9-10)21(19,20)18-13-15-7-8-16-17-13/h4-9,12,14H,3H2,1-2H3,(H,15,17,18). The molecule has 0 spiro atoms. The number of hydrogen-bond donors (Lipinski definition) is 2. The Morgan fingerprint density at radius 2 is 2.10 bits per heavy atom. The van der Waals surface area contributed by atoms with Crippen molar-refractivity contribution in [3.63, 3.8) is 0 Å². The fourth-order valence-corrected chi connectivity index (χ4v) is 2.98. The summed E-state index contributed by atoms with van der Waals surface area (Å²) in [6, 6.07) is 6.89. The maximum Gasteiger partial charge on any atom is 0.264 e. The lowest BCUT2D eigenvalue weighted by Gasteiger charge is -2.15. The van der Waals surface area contributed by atoms with Crippen molar-refractivity contribution in [2.24, 2.45) is 0 Å². The maximum absolute atomic E-state index is 12.3. The highest BCUT2D eigenvalue weighted by Crippen LogP contribution is 2.20. The minimum Gasteiger partial charge on any atom is -0.313 e. The van der Waals surface area contributed by atoms with Gasteiger partial charge in [-0.1, -0.05) is 19.1 Å². The highest BCUT2D eigenvalue weighted by molar-refractivity contribution is 7.92. The summed E-state index contributed by atoms with van der Waals surface area (Å²) >= 11 is 0. The Labute approximate surface area is 123 Å². The Kier molecular flexibility index (Phi) is 4.81. The molecule has 0 saturated heterocycles. The van der Waals surface area contributed by atoms with Gasteiger partial charge in [0.05, 0.1) is 17.3 Å². The van der Waals surface area contributed by atoms with Gasteiger partial charge in [0.25, 0.3) is 16.0 Å². The summed E-state index contributed by atoms with van der Waals surface area (Å²) in [6.45, 7) is 2.03. The van der Waals surface area contributed by atoms with Crippen molar-refractivity contribution in [2.45, 2.75) is 24.3 Å². The molecule has 2 N–H and O–H groups in total. The van der Waals surface area contributed by atoms with Crippen molar-refractivity contribution in [3.8, 4) is 0 Å². The monoisotopic (exact) mass is 307 g/mol. The van der Waals surface area contributed by atoms with E-state index in [4.69, 9.17) is 0 Å². The van der Waals surface area contributed by atoms with Crippen LogP contribution in [0.4, 0.5) is 5.95 Å². The molecule has 0 aliphatic rings. The molecule has 0 saturated carbocycles. The van der Waals surface area contributed by atoms with Crippen LogP contribution in [0.5, 0.6) is 0 Å². The van der Waals surface area contributed by atoms with Crippen molar-refractivity contribution in [1.82, 2.24) is 20.5 Å². The van der Waals surface area contributed by atoms with Crippen LogP contribution in [0.3, 0.4) is 0 Å². The zero-order chi connectivity index (χ0) is 15.3. The van der Waals surface area contributed by atoms with Crippen molar-refractivity contribution in [2.75, 3.05) is 11.8 Å². The molecule has 0 aliphatic heterocycles. The van der Waals surface area contributed by atoms with E-state index >= 15 is 0 Å². The molecule has 0 fully saturated rings. The molecule has 1 heterocycles. The first-order chi connectivity index (χ1) is 10.1. The van der Waals surface area contributed by atoms with Gasteiger partial charge in [-0.3, -0.25) is 0 Å². The largest absolute Gasteiger partial charge is 0.313 e. The zero-order valence-corrected chi connectivity index (χ0v) is 12.6. The van der Waals surface area contributed by atoms with Gasteiger partial charge in [-0.2, -0.15) is 5.10 Å². The van der Waals surface area contributed by atoms with Crippen LogP contribution in [-0.4, -0.2) is 30.6 Å². The van der Waals surface area contributed by atoms with E-state index in [9.17, 15) is 8.42 Å². The van der Waals surface area contributed by atoms with E-state index < -0.39 is 10.0 Å². The third-order valence-electron chi connectivity index (χ3n) is 3.04. The summed E-state index contributed by atoms with van der Waals surface area (Å²) in [6.07, 6.45) is 3.60. The number of aromatic nitrogens is 3. The second kappa shape index (κ2) is 6.59. The zero-order valence-electron chi connectivity index (χ0n) is 11.8. The Hall–Kier alpha value is -2.06. The van der Waals surface area contributed by atoms with Gasteiger partial charge in [-0.05, 0) is 31.2 Å². The van der Waals surface area contributed by atoms with Gasteiger partial charge in [-0.15, -0.1) is 5.10 Å². The molecule has 0 amide bonds. The average Bonchev–Trinajstić information content (AvgIpc) is 2.49. The minimum atomic E-state index is -3.73. The lowest BCUT2D eigenvalue weighted by atomic mass is 10.1. The fourth-order valence-electron chi connectivity index (χ4n) is 1.98. The predicted octanol–water partition coefficient (Wildman–Crippen LogP) is 1.34. The smallest absolute Gasteiger partial charge is 0.264 e. The highest BCUT2D eigenvalue weighted by atomic mass is 32.2. The van der Waals surface area contributed by atoms with Crippen LogP contribution in [0.1, 0.15) is 24.9 Å². The molecule has 0 aliphatic carbocycles. The van der Waals surface area contributed by atoms with Gasteiger partial charge in [0, 0.05) is 6.04 Å². The van der Waals surface area contributed by atoms with Gasteiger partial charge >= 0.3 is 0 Å². The van der Waals surface area contributed by atoms with E-state index in [0.29, 0.717) is 0 Å². The van der Waals surface area contributed by atoms with E-state index in [0.717, 1.165) is 12.0 Å². The number of anilines is 1. The average molecular weight is 307 g/mol. The summed E-state index contributed by atoms with van der Waals surface area (Å²) in [5.41, 5.74) is 0.912. The molecule has 1 atom stereocenters. The molecule has 112 valence electrons. The summed E-state index contributed by atoms with van der Waals surface area (Å²) in [5, 5.41) is 10.3. The number of benzene rings is 1. The van der Waals surface area contributed by atoms with Crippen LogP contribution < -0.4 is 10.0 Å². The Balaban J connectivity index is 2.30. The van der Waals surface area contributed by atoms with E-state index in [2.05, 4.69) is 25.2 Å². The topological polar surface area (TPSA) is 96.9 Å². The van der Waals surface area contributed by atoms with E-state index in [-0.39, 0.29) is 16.9 Å². The predicted molar refractivity (Wildman–Crippen MR) is 79.2 cm³/mol. The van der Waals surface area contributed by atoms with Gasteiger partial charge in [0.1, 0.15) is 0 Å². The molecule has 8 heteroatoms. The Bertz CT molecular complexity index is 687. The number of nitrogens with zero attached hydrogens (tertiary/aromatic N) is 3. The molecular formula is C13H17N5O2S. The SMILES string of the molecule is CCC(NC)c1cccc(S(=O)(=O)Nc2nccnn2)c1. The Morgan fingerprint density at radius 1 is 1.29 bits per heavy atom. The quantitative estimate of drug-likeness (QED) is 0.836. The number of hydrogen-bond acceptors (Lipinski definition) is 6. The molecule has 1 unspecified atom stereocenters. The third kappa shape index (κ3) is 3.73. The van der Waals surface area contributed by atoms with Gasteiger partial charge in [-0.25, -0.2) is 18.1 Å². The van der Waals surface area contributed by atoms with E-state index in [1.165, 1.54) is 18.5 Å². The van der Waals surface area contributed by atoms with Crippen LogP contribution in [0, 0.1) is 0 Å². The summed E-state index contributed by atoms with van der Waals surface area (Å²) < 4.78 is 26.9. The van der Waals surface area contributed by atoms with E-state index in [1.807, 2.05) is 20.0 Å². The second-order valence-corrected chi connectivity index (χ2v) is 6.08. The molecule has 21 heavy (non-hydrogen) atoms. The molecule has 1 aromatic carbocycles. The van der Waals surface area contributed by atoms with Crippen LogP contribution in [-0.2, 0) is 10.0 Å². The first-order valence-electron chi connectivity index (χ1n) is 6.50. The third-order valence-corrected chi connectivity index (χ3v) is 4.36. The van der Waals surface area contributed by atoms with Crippen LogP contribution in [0.15, 0.2) is 41.6 Å². The molecule has 2 aromatic rings. The summed E-state index contributed by atoms with van der Waals surface area (Å²) in [4.78, 5) is 3.97. The normalized spacial score (nSPS) is 12.9. The number of sulfonamides is 1. The first-order valence-corrected chi connectivity index (χ1v) is 7.99. The van der Waals surface area contributed by atoms with E-state index in [1.54, 1.807) is 12.1 Å². The number of rotatable bonds is 6. The molecule has 7 nitrogen and oxygen atoms in total. The van der Waals surface area contributed by atoms with Crippen molar-refractivity contribution in [3.05, 3.63) is 42.2 Å².